The number of hydrogen-bond donors (Lipinski definition) is 0. The minimum atomic E-state index is 0.246. The van der Waals surface area contributed by atoms with Gasteiger partial charge in [-0.05, 0) is 30.7 Å². The Hall–Kier alpha value is -1.99. The van der Waals surface area contributed by atoms with Crippen molar-refractivity contribution in [1.82, 2.24) is 19.7 Å². The quantitative estimate of drug-likeness (QED) is 0.483. The van der Waals surface area contributed by atoms with Crippen molar-refractivity contribution in [2.45, 2.75) is 31.1 Å². The fourth-order valence-electron chi connectivity index (χ4n) is 2.71. The zero-order valence-electron chi connectivity index (χ0n) is 14.4. The predicted octanol–water partition coefficient (Wildman–Crippen LogP) is 3.41. The van der Waals surface area contributed by atoms with E-state index in [-0.39, 0.29) is 5.91 Å². The number of ether oxygens (including phenoxy) is 1. The van der Waals surface area contributed by atoms with Crippen molar-refractivity contribution in [3.63, 3.8) is 0 Å². The summed E-state index contributed by atoms with van der Waals surface area (Å²) in [4.78, 5) is 13.6. The monoisotopic (exact) mass is 392 g/mol. The molecule has 0 atom stereocenters. The van der Waals surface area contributed by atoms with E-state index in [9.17, 15) is 4.79 Å². The normalized spacial score (nSPS) is 14.0. The van der Waals surface area contributed by atoms with Crippen LogP contribution in [0.4, 0.5) is 0 Å². The summed E-state index contributed by atoms with van der Waals surface area (Å²) in [5.41, 5.74) is 0. The summed E-state index contributed by atoms with van der Waals surface area (Å²) in [7, 11) is 0. The fourth-order valence-corrected chi connectivity index (χ4v) is 3.77. The Labute approximate surface area is 162 Å². The van der Waals surface area contributed by atoms with Crippen molar-refractivity contribution in [3.8, 4) is 5.75 Å². The number of benzene rings is 1. The zero-order chi connectivity index (χ0) is 18.4. The number of amides is 1. The lowest BCUT2D eigenvalue weighted by Gasteiger charge is -2.14. The third-order valence-corrected chi connectivity index (χ3v) is 5.25. The van der Waals surface area contributed by atoms with Crippen molar-refractivity contribution in [2.75, 3.05) is 18.8 Å². The molecule has 0 spiro atoms. The lowest BCUT2D eigenvalue weighted by atomic mass is 10.3. The van der Waals surface area contributed by atoms with Gasteiger partial charge in [-0.1, -0.05) is 29.4 Å². The lowest BCUT2D eigenvalue weighted by Crippen LogP contribution is -2.27. The van der Waals surface area contributed by atoms with Crippen LogP contribution in [0, 0.1) is 0 Å². The maximum absolute atomic E-state index is 11.7. The van der Waals surface area contributed by atoms with E-state index in [2.05, 4.69) is 16.8 Å². The molecule has 2 aromatic rings. The molecule has 1 aliphatic rings. The topological polar surface area (TPSA) is 60.2 Å². The maximum atomic E-state index is 11.7. The molecule has 1 aliphatic heterocycles. The number of halogens is 1. The van der Waals surface area contributed by atoms with E-state index in [1.165, 1.54) is 0 Å². The number of rotatable bonds is 9. The molecule has 1 aromatic heterocycles. The molecule has 0 N–H and O–H groups in total. The van der Waals surface area contributed by atoms with Crippen LogP contribution in [0.1, 0.15) is 18.7 Å². The highest BCUT2D eigenvalue weighted by atomic mass is 35.5. The van der Waals surface area contributed by atoms with Gasteiger partial charge in [0.15, 0.2) is 11.0 Å². The summed E-state index contributed by atoms with van der Waals surface area (Å²) < 4.78 is 7.75. The Morgan fingerprint density at radius 1 is 1.31 bits per heavy atom. The zero-order valence-corrected chi connectivity index (χ0v) is 16.0. The Morgan fingerprint density at radius 2 is 2.12 bits per heavy atom. The maximum Gasteiger partial charge on any atom is 0.222 e. The molecule has 6 nitrogen and oxygen atoms in total. The van der Waals surface area contributed by atoms with Gasteiger partial charge in [-0.25, -0.2) is 0 Å². The molecule has 3 rings (SSSR count). The molecule has 0 saturated carbocycles. The second-order valence-corrected chi connectivity index (χ2v) is 7.37. The lowest BCUT2D eigenvalue weighted by molar-refractivity contribution is -0.127. The van der Waals surface area contributed by atoms with Crippen LogP contribution in [0.2, 0.25) is 5.02 Å². The second kappa shape index (κ2) is 9.09. The van der Waals surface area contributed by atoms with Gasteiger partial charge in [-0.15, -0.1) is 16.8 Å². The average Bonchev–Trinajstić information content (AvgIpc) is 3.22. The summed E-state index contributed by atoms with van der Waals surface area (Å²) in [6.07, 6.45) is 3.44. The highest BCUT2D eigenvalue weighted by Gasteiger charge is 2.20. The van der Waals surface area contributed by atoms with Gasteiger partial charge in [0.05, 0.1) is 0 Å². The van der Waals surface area contributed by atoms with Gasteiger partial charge in [-0.2, -0.15) is 0 Å². The molecular weight excluding hydrogens is 372 g/mol. The molecule has 0 aliphatic carbocycles. The Morgan fingerprint density at radius 3 is 2.81 bits per heavy atom. The van der Waals surface area contributed by atoms with Crippen LogP contribution >= 0.6 is 23.4 Å². The first-order valence-corrected chi connectivity index (χ1v) is 9.85. The third kappa shape index (κ3) is 4.80. The first kappa shape index (κ1) is 18.8. The van der Waals surface area contributed by atoms with Crippen LogP contribution in [0.3, 0.4) is 0 Å². The number of aromatic nitrogens is 3. The first-order chi connectivity index (χ1) is 12.7. The minimum absolute atomic E-state index is 0.246. The molecule has 1 aromatic carbocycles. The van der Waals surface area contributed by atoms with Gasteiger partial charge in [0.2, 0.25) is 5.91 Å². The van der Waals surface area contributed by atoms with Gasteiger partial charge in [-0.3, -0.25) is 9.36 Å². The summed E-state index contributed by atoms with van der Waals surface area (Å²) in [5.74, 6) is 2.50. The number of likely N-dealkylation sites (tertiary alicyclic amines) is 1. The summed E-state index contributed by atoms with van der Waals surface area (Å²) in [6.45, 7) is 6.32. The molecule has 0 radical (unpaired) electrons. The summed E-state index contributed by atoms with van der Waals surface area (Å²) in [6, 6.07) is 7.21. The highest BCUT2D eigenvalue weighted by Crippen LogP contribution is 2.21. The highest BCUT2D eigenvalue weighted by molar-refractivity contribution is 7.99. The number of carbonyl (C=O) groups excluding carboxylic acids is 1. The van der Waals surface area contributed by atoms with Crippen LogP contribution < -0.4 is 4.74 Å². The Bertz CT molecular complexity index is 763. The van der Waals surface area contributed by atoms with Crippen LogP contribution in [0.25, 0.3) is 0 Å². The fraction of sp³-hybridized carbons (Fsp3) is 0.389. The van der Waals surface area contributed by atoms with Crippen molar-refractivity contribution in [1.29, 1.82) is 0 Å². The van der Waals surface area contributed by atoms with Crippen molar-refractivity contribution in [2.24, 2.45) is 0 Å². The smallest absolute Gasteiger partial charge is 0.222 e. The van der Waals surface area contributed by atoms with E-state index in [1.54, 1.807) is 23.9 Å². The summed E-state index contributed by atoms with van der Waals surface area (Å²) >= 11 is 7.48. The molecule has 1 fully saturated rings. The third-order valence-electron chi connectivity index (χ3n) is 4.05. The number of thioether (sulfide) groups is 1. The number of carbonyl (C=O) groups is 1. The van der Waals surface area contributed by atoms with Crippen molar-refractivity contribution in [3.05, 3.63) is 47.8 Å². The minimum Gasteiger partial charge on any atom is -0.486 e. The van der Waals surface area contributed by atoms with E-state index in [4.69, 9.17) is 16.3 Å². The van der Waals surface area contributed by atoms with E-state index in [0.29, 0.717) is 24.6 Å². The molecule has 1 saturated heterocycles. The molecule has 8 heteroatoms. The number of nitrogens with zero attached hydrogens (tertiary/aromatic N) is 4. The second-order valence-electron chi connectivity index (χ2n) is 5.87. The molecule has 0 bridgehead atoms. The van der Waals surface area contributed by atoms with Gasteiger partial charge in [0, 0.05) is 36.8 Å². The van der Waals surface area contributed by atoms with Crippen LogP contribution in [-0.2, 0) is 17.9 Å². The Balaban J connectivity index is 1.58. The SMILES string of the molecule is C=CCn1c(COc2ccc(Cl)cc2)nnc1SCCN1CCCC1=O. The van der Waals surface area contributed by atoms with Crippen LogP contribution in [-0.4, -0.2) is 44.4 Å². The van der Waals surface area contributed by atoms with Crippen molar-refractivity contribution >= 4 is 29.3 Å². The summed E-state index contributed by atoms with van der Waals surface area (Å²) in [5, 5.41) is 9.99. The Kier molecular flexibility index (Phi) is 6.57. The van der Waals surface area contributed by atoms with E-state index < -0.39 is 0 Å². The van der Waals surface area contributed by atoms with Crippen LogP contribution in [0.5, 0.6) is 5.75 Å². The van der Waals surface area contributed by atoms with E-state index >= 15 is 0 Å². The van der Waals surface area contributed by atoms with Gasteiger partial charge in [0.25, 0.3) is 0 Å². The van der Waals surface area contributed by atoms with Gasteiger partial charge >= 0.3 is 0 Å². The molecule has 1 amide bonds. The van der Waals surface area contributed by atoms with Crippen molar-refractivity contribution < 1.29 is 9.53 Å². The molecule has 2 heterocycles. The van der Waals surface area contributed by atoms with Gasteiger partial charge in [0.1, 0.15) is 12.4 Å². The molecule has 26 heavy (non-hydrogen) atoms. The molecule has 138 valence electrons. The van der Waals surface area contributed by atoms with E-state index in [0.717, 1.165) is 42.0 Å². The number of allylic oxidation sites excluding steroid dienone is 1. The molecular formula is C18H21ClN4O2S. The van der Waals surface area contributed by atoms with Gasteiger partial charge < -0.3 is 9.64 Å². The first-order valence-electron chi connectivity index (χ1n) is 8.49. The predicted molar refractivity (Wildman–Crippen MR) is 103 cm³/mol. The average molecular weight is 393 g/mol. The number of hydrogen-bond acceptors (Lipinski definition) is 5. The standard InChI is InChI=1S/C18H21ClN4O2S/c1-2-9-23-16(13-25-15-7-5-14(19)6-8-15)20-21-18(23)26-12-11-22-10-3-4-17(22)24/h2,5-8H,1,3-4,9-13H2. The van der Waals surface area contributed by atoms with E-state index in [1.807, 2.05) is 27.7 Å². The van der Waals surface area contributed by atoms with Crippen LogP contribution in [0.15, 0.2) is 42.1 Å². The largest absolute Gasteiger partial charge is 0.486 e. The molecule has 0 unspecified atom stereocenters.